The fraction of sp³-hybridized carbons (Fsp3) is 0.250. The molecule has 0 aliphatic carbocycles. The van der Waals surface area contributed by atoms with Crippen LogP contribution in [0.1, 0.15) is 18.5 Å². The number of ether oxygens (including phenoxy) is 1. The molecular formula is C16H17BrN2O2. The minimum absolute atomic E-state index is 0.311. The number of carbonyl (C=O) groups is 1. The van der Waals surface area contributed by atoms with Crippen LogP contribution in [-0.2, 0) is 9.53 Å². The Bertz CT molecular complexity index is 658. The summed E-state index contributed by atoms with van der Waals surface area (Å²) in [6.07, 6.45) is 3.43. The fourth-order valence-electron chi connectivity index (χ4n) is 2.14. The second-order valence-electron chi connectivity index (χ2n) is 4.42. The van der Waals surface area contributed by atoms with Crippen LogP contribution < -0.4 is 5.32 Å². The van der Waals surface area contributed by atoms with Gasteiger partial charge in [0, 0.05) is 28.2 Å². The fourth-order valence-corrected chi connectivity index (χ4v) is 2.59. The van der Waals surface area contributed by atoms with E-state index in [2.05, 4.69) is 32.8 Å². The molecule has 110 valence electrons. The summed E-state index contributed by atoms with van der Waals surface area (Å²) >= 11 is 3.51. The number of nitrogens with zero attached hydrogens (tertiary/aromatic N) is 1. The van der Waals surface area contributed by atoms with Crippen molar-refractivity contribution in [2.45, 2.75) is 13.0 Å². The van der Waals surface area contributed by atoms with Gasteiger partial charge in [0.1, 0.15) is 6.04 Å². The summed E-state index contributed by atoms with van der Waals surface area (Å²) in [7, 11) is 0. The van der Waals surface area contributed by atoms with Crippen LogP contribution in [0.25, 0.3) is 10.9 Å². The number of esters is 1. The number of fused-ring (bicyclic) bond motifs is 1. The largest absolute Gasteiger partial charge is 0.465 e. The molecule has 21 heavy (non-hydrogen) atoms. The van der Waals surface area contributed by atoms with E-state index in [9.17, 15) is 4.79 Å². The summed E-state index contributed by atoms with van der Waals surface area (Å²) in [5, 5.41) is 4.10. The molecular weight excluding hydrogens is 332 g/mol. The summed E-state index contributed by atoms with van der Waals surface area (Å²) in [5.74, 6) is -0.311. The summed E-state index contributed by atoms with van der Waals surface area (Å²) in [6, 6.07) is 7.07. The molecule has 0 saturated carbocycles. The van der Waals surface area contributed by atoms with Crippen LogP contribution in [0.2, 0.25) is 0 Å². The van der Waals surface area contributed by atoms with Crippen LogP contribution in [-0.4, -0.2) is 24.1 Å². The zero-order chi connectivity index (χ0) is 15.2. The molecule has 0 aliphatic rings. The third kappa shape index (κ3) is 3.49. The summed E-state index contributed by atoms with van der Waals surface area (Å²) in [4.78, 5) is 16.6. The van der Waals surface area contributed by atoms with Gasteiger partial charge in [0.2, 0.25) is 0 Å². The van der Waals surface area contributed by atoms with Crippen molar-refractivity contribution in [3.05, 3.63) is 53.2 Å². The molecule has 1 aromatic heterocycles. The van der Waals surface area contributed by atoms with Gasteiger partial charge in [0.15, 0.2) is 0 Å². The van der Waals surface area contributed by atoms with Gasteiger partial charge in [-0.05, 0) is 19.1 Å². The first kappa shape index (κ1) is 15.7. The maximum Gasteiger partial charge on any atom is 0.327 e. The Kier molecular flexibility index (Phi) is 5.47. The van der Waals surface area contributed by atoms with Crippen molar-refractivity contribution in [3.8, 4) is 0 Å². The van der Waals surface area contributed by atoms with Gasteiger partial charge in [-0.3, -0.25) is 10.3 Å². The lowest BCUT2D eigenvalue weighted by molar-refractivity contribution is -0.145. The molecule has 1 atom stereocenters. The van der Waals surface area contributed by atoms with Crippen LogP contribution in [0.5, 0.6) is 0 Å². The predicted molar refractivity (Wildman–Crippen MR) is 87.0 cm³/mol. The van der Waals surface area contributed by atoms with Crippen molar-refractivity contribution < 1.29 is 9.53 Å². The second-order valence-corrected chi connectivity index (χ2v) is 5.27. The van der Waals surface area contributed by atoms with E-state index in [1.807, 2.05) is 24.3 Å². The van der Waals surface area contributed by atoms with Gasteiger partial charge in [-0.25, -0.2) is 4.79 Å². The lowest BCUT2D eigenvalue weighted by Crippen LogP contribution is -2.30. The number of hydrogen-bond acceptors (Lipinski definition) is 4. The van der Waals surface area contributed by atoms with Gasteiger partial charge in [0.25, 0.3) is 0 Å². The number of aromatic nitrogens is 1. The van der Waals surface area contributed by atoms with Crippen LogP contribution in [0.15, 0.2) is 47.6 Å². The maximum absolute atomic E-state index is 12.2. The third-order valence-electron chi connectivity index (χ3n) is 3.05. The first-order valence-electron chi connectivity index (χ1n) is 6.73. The van der Waals surface area contributed by atoms with E-state index in [0.717, 1.165) is 20.9 Å². The average molecular weight is 349 g/mol. The molecule has 5 heteroatoms. The Morgan fingerprint density at radius 3 is 3.05 bits per heavy atom. The van der Waals surface area contributed by atoms with Gasteiger partial charge in [-0.1, -0.05) is 34.1 Å². The molecule has 2 aromatic rings. The Morgan fingerprint density at radius 2 is 2.33 bits per heavy atom. The Balaban J connectivity index is 2.51. The minimum atomic E-state index is -0.562. The number of benzene rings is 1. The van der Waals surface area contributed by atoms with Crippen molar-refractivity contribution in [2.75, 3.05) is 13.2 Å². The van der Waals surface area contributed by atoms with E-state index < -0.39 is 6.04 Å². The first-order valence-corrected chi connectivity index (χ1v) is 7.52. The van der Waals surface area contributed by atoms with Crippen molar-refractivity contribution in [3.63, 3.8) is 0 Å². The highest BCUT2D eigenvalue weighted by molar-refractivity contribution is 9.10. The molecule has 0 saturated heterocycles. The predicted octanol–water partition coefficient (Wildman–Crippen LogP) is 3.38. The van der Waals surface area contributed by atoms with Gasteiger partial charge >= 0.3 is 5.97 Å². The van der Waals surface area contributed by atoms with Crippen LogP contribution in [0, 0.1) is 0 Å². The average Bonchev–Trinajstić information content (AvgIpc) is 2.50. The second kappa shape index (κ2) is 7.33. The van der Waals surface area contributed by atoms with E-state index in [1.165, 1.54) is 0 Å². The molecule has 0 spiro atoms. The zero-order valence-electron chi connectivity index (χ0n) is 11.8. The minimum Gasteiger partial charge on any atom is -0.465 e. The SMILES string of the molecule is C=CCNC(C(=O)OCC)c1ccc(Br)c2cccnc12. The smallest absolute Gasteiger partial charge is 0.327 e. The summed E-state index contributed by atoms with van der Waals surface area (Å²) in [5.41, 5.74) is 1.58. The van der Waals surface area contributed by atoms with Crippen molar-refractivity contribution in [2.24, 2.45) is 0 Å². The van der Waals surface area contributed by atoms with Gasteiger partial charge in [-0.2, -0.15) is 0 Å². The Hall–Kier alpha value is -1.72. The van der Waals surface area contributed by atoms with E-state index >= 15 is 0 Å². The highest BCUT2D eigenvalue weighted by Crippen LogP contribution is 2.29. The van der Waals surface area contributed by atoms with Crippen molar-refractivity contribution in [1.82, 2.24) is 10.3 Å². The quantitative estimate of drug-likeness (QED) is 0.642. The molecule has 0 radical (unpaired) electrons. The van der Waals surface area contributed by atoms with Crippen LogP contribution in [0.4, 0.5) is 0 Å². The van der Waals surface area contributed by atoms with E-state index in [4.69, 9.17) is 4.74 Å². The number of halogens is 1. The van der Waals surface area contributed by atoms with Gasteiger partial charge in [0.05, 0.1) is 12.1 Å². The number of hydrogen-bond donors (Lipinski definition) is 1. The molecule has 0 amide bonds. The molecule has 0 aliphatic heterocycles. The maximum atomic E-state index is 12.2. The molecule has 2 rings (SSSR count). The molecule has 4 nitrogen and oxygen atoms in total. The lowest BCUT2D eigenvalue weighted by atomic mass is 10.0. The first-order chi connectivity index (χ1) is 10.2. The van der Waals surface area contributed by atoms with E-state index in [0.29, 0.717) is 13.2 Å². The lowest BCUT2D eigenvalue weighted by Gasteiger charge is -2.18. The monoisotopic (exact) mass is 348 g/mol. The number of pyridine rings is 1. The topological polar surface area (TPSA) is 51.2 Å². The summed E-state index contributed by atoms with van der Waals surface area (Å²) in [6.45, 7) is 6.31. The standard InChI is InChI=1S/C16H17BrN2O2/c1-3-9-18-15(16(20)21-4-2)12-7-8-13(17)11-6-5-10-19-14(11)12/h3,5-8,10,15,18H,1,4,9H2,2H3. The normalized spacial score (nSPS) is 12.1. The molecule has 1 aromatic carbocycles. The Labute approximate surface area is 132 Å². The number of rotatable bonds is 6. The van der Waals surface area contributed by atoms with Crippen molar-refractivity contribution in [1.29, 1.82) is 0 Å². The van der Waals surface area contributed by atoms with E-state index in [1.54, 1.807) is 19.2 Å². The van der Waals surface area contributed by atoms with E-state index in [-0.39, 0.29) is 5.97 Å². The Morgan fingerprint density at radius 1 is 1.52 bits per heavy atom. The van der Waals surface area contributed by atoms with Crippen LogP contribution in [0.3, 0.4) is 0 Å². The molecule has 1 N–H and O–H groups in total. The molecule has 0 bridgehead atoms. The van der Waals surface area contributed by atoms with Gasteiger partial charge in [-0.15, -0.1) is 6.58 Å². The molecule has 1 unspecified atom stereocenters. The molecule has 1 heterocycles. The van der Waals surface area contributed by atoms with Gasteiger partial charge < -0.3 is 4.74 Å². The zero-order valence-corrected chi connectivity index (χ0v) is 13.4. The summed E-state index contributed by atoms with van der Waals surface area (Å²) < 4.78 is 6.10. The third-order valence-corrected chi connectivity index (χ3v) is 3.74. The number of carbonyl (C=O) groups excluding carboxylic acids is 1. The van der Waals surface area contributed by atoms with Crippen LogP contribution >= 0.6 is 15.9 Å². The highest BCUT2D eigenvalue weighted by atomic mass is 79.9. The highest BCUT2D eigenvalue weighted by Gasteiger charge is 2.24. The number of nitrogens with one attached hydrogen (secondary N) is 1. The molecule has 0 fully saturated rings. The van der Waals surface area contributed by atoms with Crippen molar-refractivity contribution >= 4 is 32.8 Å².